The van der Waals surface area contributed by atoms with Crippen LogP contribution in [0.4, 0.5) is 26.3 Å². The molecule has 2 aromatic rings. The van der Waals surface area contributed by atoms with Gasteiger partial charge in [0.15, 0.2) is 0 Å². The molecule has 0 aromatic heterocycles. The highest BCUT2D eigenvalue weighted by atomic mass is 19.4. The number of carbonyl (C=O) groups is 2. The standard InChI is InChI=1S/C27H32F6N4O2/c1-25(2,16-34)36-23(38)15-35-21-8-9-37(22(14-21)10-17-6-4-3-5-7-17)24(39)18-11-19(26(28,29)30)13-20(12-18)27(31,32)33/h3-7,11-13,21-22,35H,8-10,14-16,34H2,1-2H3,(H,36,38). The minimum Gasteiger partial charge on any atom is -0.349 e. The summed E-state index contributed by atoms with van der Waals surface area (Å²) in [4.78, 5) is 27.1. The lowest BCUT2D eigenvalue weighted by atomic mass is 9.91. The molecular formula is C27H32F6N4O2. The first-order valence-corrected chi connectivity index (χ1v) is 12.5. The summed E-state index contributed by atoms with van der Waals surface area (Å²) >= 11 is 0. The zero-order chi connectivity index (χ0) is 29.0. The third kappa shape index (κ3) is 8.43. The second-order valence-electron chi connectivity index (χ2n) is 10.4. The molecule has 1 heterocycles. The maximum Gasteiger partial charge on any atom is 0.416 e. The summed E-state index contributed by atoms with van der Waals surface area (Å²) in [7, 11) is 0. The highest BCUT2D eigenvalue weighted by Crippen LogP contribution is 2.37. The lowest BCUT2D eigenvalue weighted by Crippen LogP contribution is -2.55. The third-order valence-corrected chi connectivity index (χ3v) is 6.66. The van der Waals surface area contributed by atoms with E-state index in [0.29, 0.717) is 31.4 Å². The van der Waals surface area contributed by atoms with E-state index in [0.717, 1.165) is 5.56 Å². The smallest absolute Gasteiger partial charge is 0.349 e. The molecule has 12 heteroatoms. The van der Waals surface area contributed by atoms with Gasteiger partial charge in [-0.3, -0.25) is 9.59 Å². The van der Waals surface area contributed by atoms with Crippen LogP contribution in [-0.2, 0) is 23.6 Å². The van der Waals surface area contributed by atoms with E-state index in [2.05, 4.69) is 10.6 Å². The zero-order valence-corrected chi connectivity index (χ0v) is 21.6. The molecule has 1 fully saturated rings. The van der Waals surface area contributed by atoms with Crippen molar-refractivity contribution >= 4 is 11.8 Å². The second-order valence-corrected chi connectivity index (χ2v) is 10.4. The molecule has 2 amide bonds. The molecule has 3 rings (SSSR count). The molecule has 1 saturated heterocycles. The minimum atomic E-state index is -5.06. The second kappa shape index (κ2) is 12.0. The Kier molecular flexibility index (Phi) is 9.32. The molecule has 0 spiro atoms. The molecule has 2 atom stereocenters. The van der Waals surface area contributed by atoms with E-state index >= 15 is 0 Å². The first-order valence-electron chi connectivity index (χ1n) is 12.5. The van der Waals surface area contributed by atoms with Crippen molar-refractivity contribution in [1.82, 2.24) is 15.5 Å². The molecule has 39 heavy (non-hydrogen) atoms. The summed E-state index contributed by atoms with van der Waals surface area (Å²) in [5, 5.41) is 5.96. The van der Waals surface area contributed by atoms with Gasteiger partial charge in [0, 0.05) is 36.3 Å². The van der Waals surface area contributed by atoms with Gasteiger partial charge in [0.05, 0.1) is 17.7 Å². The van der Waals surface area contributed by atoms with Crippen LogP contribution in [0.25, 0.3) is 0 Å². The molecule has 0 bridgehead atoms. The van der Waals surface area contributed by atoms with Crippen LogP contribution in [0, 0.1) is 0 Å². The molecule has 1 aliphatic rings. The van der Waals surface area contributed by atoms with Gasteiger partial charge in [0.25, 0.3) is 5.91 Å². The number of piperidine rings is 1. The van der Waals surface area contributed by atoms with Gasteiger partial charge in [-0.05, 0) is 56.9 Å². The van der Waals surface area contributed by atoms with Gasteiger partial charge in [0.1, 0.15) is 0 Å². The molecule has 214 valence electrons. The van der Waals surface area contributed by atoms with Crippen molar-refractivity contribution in [2.75, 3.05) is 19.6 Å². The Morgan fingerprint density at radius 2 is 1.56 bits per heavy atom. The van der Waals surface area contributed by atoms with Crippen LogP contribution in [0.5, 0.6) is 0 Å². The van der Waals surface area contributed by atoms with Gasteiger partial charge in [-0.1, -0.05) is 30.3 Å². The average Bonchev–Trinajstić information content (AvgIpc) is 2.86. The van der Waals surface area contributed by atoms with Gasteiger partial charge in [0.2, 0.25) is 5.91 Å². The topological polar surface area (TPSA) is 87.5 Å². The Balaban J connectivity index is 1.84. The monoisotopic (exact) mass is 558 g/mol. The van der Waals surface area contributed by atoms with Crippen molar-refractivity contribution in [2.45, 2.75) is 63.1 Å². The fourth-order valence-corrected chi connectivity index (χ4v) is 4.54. The van der Waals surface area contributed by atoms with E-state index in [1.54, 1.807) is 32.0 Å². The van der Waals surface area contributed by atoms with E-state index in [1.165, 1.54) is 4.90 Å². The molecule has 4 N–H and O–H groups in total. The number of likely N-dealkylation sites (tertiary alicyclic amines) is 1. The number of nitrogens with zero attached hydrogens (tertiary/aromatic N) is 1. The molecule has 1 aliphatic heterocycles. The highest BCUT2D eigenvalue weighted by Gasteiger charge is 2.39. The fraction of sp³-hybridized carbons (Fsp3) is 0.481. The fourth-order valence-electron chi connectivity index (χ4n) is 4.54. The first-order chi connectivity index (χ1) is 18.1. The van der Waals surface area contributed by atoms with Crippen molar-refractivity contribution in [3.63, 3.8) is 0 Å². The molecule has 6 nitrogen and oxygen atoms in total. The number of nitrogens with two attached hydrogens (primary N) is 1. The summed E-state index contributed by atoms with van der Waals surface area (Å²) in [5.41, 5.74) is 2.15. The Morgan fingerprint density at radius 1 is 0.974 bits per heavy atom. The summed E-state index contributed by atoms with van der Waals surface area (Å²) in [6, 6.07) is 9.25. The number of nitrogens with one attached hydrogen (secondary N) is 2. The summed E-state index contributed by atoms with van der Waals surface area (Å²) in [6.45, 7) is 3.87. The molecule has 0 saturated carbocycles. The highest BCUT2D eigenvalue weighted by molar-refractivity contribution is 5.95. The predicted octanol–water partition coefficient (Wildman–Crippen LogP) is 4.38. The number of hydrogen-bond donors (Lipinski definition) is 3. The maximum absolute atomic E-state index is 13.4. The molecule has 2 unspecified atom stereocenters. The van der Waals surface area contributed by atoms with Gasteiger partial charge >= 0.3 is 12.4 Å². The molecular weight excluding hydrogens is 526 g/mol. The van der Waals surface area contributed by atoms with E-state index in [4.69, 9.17) is 5.73 Å². The van der Waals surface area contributed by atoms with Crippen molar-refractivity contribution in [3.8, 4) is 0 Å². The molecule has 0 aliphatic carbocycles. The van der Waals surface area contributed by atoms with Gasteiger partial charge in [-0.2, -0.15) is 26.3 Å². The lowest BCUT2D eigenvalue weighted by Gasteiger charge is -2.40. The van der Waals surface area contributed by atoms with E-state index in [-0.39, 0.29) is 37.6 Å². The van der Waals surface area contributed by atoms with Gasteiger partial charge < -0.3 is 21.3 Å². The largest absolute Gasteiger partial charge is 0.416 e. The van der Waals surface area contributed by atoms with E-state index in [1.807, 2.05) is 12.1 Å². The molecule has 2 aromatic carbocycles. The summed E-state index contributed by atoms with van der Waals surface area (Å²) < 4.78 is 80.4. The summed E-state index contributed by atoms with van der Waals surface area (Å²) in [5.74, 6) is -1.18. The lowest BCUT2D eigenvalue weighted by molar-refractivity contribution is -0.143. The normalized spacial score (nSPS) is 18.6. The molecule has 0 radical (unpaired) electrons. The van der Waals surface area contributed by atoms with Gasteiger partial charge in [-0.15, -0.1) is 0 Å². The van der Waals surface area contributed by atoms with Gasteiger partial charge in [-0.25, -0.2) is 0 Å². The maximum atomic E-state index is 13.4. The average molecular weight is 559 g/mol. The minimum absolute atomic E-state index is 0.00534. The number of rotatable bonds is 8. The van der Waals surface area contributed by atoms with Crippen molar-refractivity contribution < 1.29 is 35.9 Å². The van der Waals surface area contributed by atoms with E-state index in [9.17, 15) is 35.9 Å². The number of hydrogen-bond acceptors (Lipinski definition) is 4. The van der Waals surface area contributed by atoms with Crippen molar-refractivity contribution in [2.24, 2.45) is 5.73 Å². The Morgan fingerprint density at radius 3 is 2.10 bits per heavy atom. The van der Waals surface area contributed by atoms with Crippen molar-refractivity contribution in [1.29, 1.82) is 0 Å². The Bertz CT molecular complexity index is 1120. The number of alkyl halides is 6. The SMILES string of the molecule is CC(C)(CN)NC(=O)CNC1CCN(C(=O)c2cc(C(F)(F)F)cc(C(F)(F)F)c2)C(Cc2ccccc2)C1. The third-order valence-electron chi connectivity index (χ3n) is 6.66. The Hall–Kier alpha value is -3.12. The van der Waals surface area contributed by atoms with Crippen molar-refractivity contribution in [3.05, 3.63) is 70.8 Å². The van der Waals surface area contributed by atoms with Crippen LogP contribution in [0.2, 0.25) is 0 Å². The van der Waals surface area contributed by atoms with Crippen LogP contribution >= 0.6 is 0 Å². The summed E-state index contributed by atoms with van der Waals surface area (Å²) in [6.07, 6.45) is -9.08. The van der Waals surface area contributed by atoms with Crippen LogP contribution in [0.15, 0.2) is 48.5 Å². The number of carbonyl (C=O) groups excluding carboxylic acids is 2. The van der Waals surface area contributed by atoms with E-state index < -0.39 is 46.5 Å². The Labute approximate surface area is 222 Å². The number of benzene rings is 2. The van der Waals surface area contributed by atoms with Crippen LogP contribution in [0.3, 0.4) is 0 Å². The first kappa shape index (κ1) is 30.4. The predicted molar refractivity (Wildman–Crippen MR) is 134 cm³/mol. The zero-order valence-electron chi connectivity index (χ0n) is 21.6. The quantitative estimate of drug-likeness (QED) is 0.420. The van der Waals surface area contributed by atoms with Crippen LogP contribution in [0.1, 0.15) is 53.7 Å². The number of amides is 2. The van der Waals surface area contributed by atoms with Crippen LogP contribution < -0.4 is 16.4 Å². The van der Waals surface area contributed by atoms with Crippen LogP contribution in [-0.4, -0.2) is 54.0 Å². The number of halogens is 6.